The number of benzene rings is 1. The van der Waals surface area contributed by atoms with Gasteiger partial charge in [0.15, 0.2) is 0 Å². The normalized spacial score (nSPS) is 13.4. The van der Waals surface area contributed by atoms with E-state index >= 15 is 0 Å². The van der Waals surface area contributed by atoms with E-state index in [1.807, 2.05) is 6.92 Å². The minimum absolute atomic E-state index is 0.0313. The molecule has 1 aromatic rings. The van der Waals surface area contributed by atoms with Crippen LogP contribution < -0.4 is 14.8 Å². The van der Waals surface area contributed by atoms with Crippen molar-refractivity contribution < 1.29 is 21.9 Å². The molecule has 0 saturated heterocycles. The number of nitrogens with one attached hydrogen (secondary N) is 2. The summed E-state index contributed by atoms with van der Waals surface area (Å²) in [7, 11) is -3.14. The summed E-state index contributed by atoms with van der Waals surface area (Å²) in [6, 6.07) is 6.44. The van der Waals surface area contributed by atoms with E-state index in [1.165, 1.54) is 12.1 Å². The Balaban J connectivity index is 2.33. The number of sulfonamides is 1. The first-order valence-corrected chi connectivity index (χ1v) is 8.40. The highest BCUT2D eigenvalue weighted by Crippen LogP contribution is 2.18. The summed E-state index contributed by atoms with van der Waals surface area (Å²) in [5, 5.41) is 3.22. The van der Waals surface area contributed by atoms with Gasteiger partial charge in [0.05, 0.1) is 6.26 Å². The fourth-order valence-corrected chi connectivity index (χ4v) is 2.24. The molecule has 2 N–H and O–H groups in total. The average Bonchev–Trinajstić information content (AvgIpc) is 2.37. The van der Waals surface area contributed by atoms with Gasteiger partial charge in [0.1, 0.15) is 5.75 Å². The Kier molecular flexibility index (Phi) is 7.00. The second-order valence-electron chi connectivity index (χ2n) is 4.64. The molecule has 0 aromatic heterocycles. The summed E-state index contributed by atoms with van der Waals surface area (Å²) in [6.45, 7) is 0.125. The molecule has 0 saturated carbocycles. The van der Waals surface area contributed by atoms with Crippen molar-refractivity contribution in [1.82, 2.24) is 10.0 Å². The van der Waals surface area contributed by atoms with Gasteiger partial charge in [0.25, 0.3) is 0 Å². The Hall–Kier alpha value is -1.25. The van der Waals surface area contributed by atoms with E-state index in [1.54, 1.807) is 12.1 Å². The summed E-state index contributed by atoms with van der Waals surface area (Å²) in [5.74, 6) is 0.123. The molecule has 0 aliphatic carbocycles. The van der Waals surface area contributed by atoms with Crippen molar-refractivity contribution in [2.45, 2.75) is 26.0 Å². The van der Waals surface area contributed by atoms with E-state index < -0.39 is 16.6 Å². The third kappa shape index (κ3) is 7.93. The lowest BCUT2D eigenvalue weighted by molar-refractivity contribution is -0.0498. The fraction of sp³-hybridized carbons (Fsp3) is 0.538. The maximum Gasteiger partial charge on any atom is 0.387 e. The predicted molar refractivity (Wildman–Crippen MR) is 77.0 cm³/mol. The SMILES string of the molecule is CC(NCCCNS(C)(=O)=O)c1ccc(OC(F)F)cc1. The molecule has 1 atom stereocenters. The Morgan fingerprint density at radius 2 is 1.81 bits per heavy atom. The lowest BCUT2D eigenvalue weighted by Crippen LogP contribution is -2.27. The monoisotopic (exact) mass is 322 g/mol. The van der Waals surface area contributed by atoms with Gasteiger partial charge >= 0.3 is 6.61 Å². The highest BCUT2D eigenvalue weighted by molar-refractivity contribution is 7.88. The summed E-state index contributed by atoms with van der Waals surface area (Å²) in [6.07, 6.45) is 1.77. The average molecular weight is 322 g/mol. The van der Waals surface area contributed by atoms with E-state index in [2.05, 4.69) is 14.8 Å². The molecule has 21 heavy (non-hydrogen) atoms. The molecule has 8 heteroatoms. The smallest absolute Gasteiger partial charge is 0.387 e. The Labute approximate surface area is 123 Å². The van der Waals surface area contributed by atoms with Gasteiger partial charge < -0.3 is 10.1 Å². The largest absolute Gasteiger partial charge is 0.435 e. The first-order chi connectivity index (χ1) is 9.78. The van der Waals surface area contributed by atoms with E-state index in [9.17, 15) is 17.2 Å². The standard InChI is InChI=1S/C13H20F2N2O3S/c1-10(16-8-3-9-17-21(2,18)19)11-4-6-12(7-5-11)20-13(14)15/h4-7,10,13,16-17H,3,8-9H2,1-2H3. The number of hydrogen-bond donors (Lipinski definition) is 2. The van der Waals surface area contributed by atoms with Crippen LogP contribution in [0.2, 0.25) is 0 Å². The van der Waals surface area contributed by atoms with E-state index in [4.69, 9.17) is 0 Å². The van der Waals surface area contributed by atoms with Gasteiger partial charge in [-0.25, -0.2) is 13.1 Å². The van der Waals surface area contributed by atoms with Crippen LogP contribution in [0.4, 0.5) is 8.78 Å². The van der Waals surface area contributed by atoms with E-state index in [0.29, 0.717) is 19.5 Å². The van der Waals surface area contributed by atoms with Gasteiger partial charge in [-0.2, -0.15) is 8.78 Å². The quantitative estimate of drug-likeness (QED) is 0.681. The van der Waals surface area contributed by atoms with Gasteiger partial charge in [-0.15, -0.1) is 0 Å². The second kappa shape index (κ2) is 8.26. The third-order valence-corrected chi connectivity index (χ3v) is 3.50. The molecule has 120 valence electrons. The lowest BCUT2D eigenvalue weighted by atomic mass is 10.1. The number of hydrogen-bond acceptors (Lipinski definition) is 4. The molecule has 0 aliphatic heterocycles. The molecule has 0 amide bonds. The summed E-state index contributed by atoms with van der Waals surface area (Å²) < 4.78 is 52.4. The summed E-state index contributed by atoms with van der Waals surface area (Å²) >= 11 is 0. The highest BCUT2D eigenvalue weighted by Gasteiger charge is 2.07. The van der Waals surface area contributed by atoms with E-state index in [-0.39, 0.29) is 11.8 Å². The van der Waals surface area contributed by atoms with Crippen LogP contribution in [0, 0.1) is 0 Å². The van der Waals surface area contributed by atoms with Crippen molar-refractivity contribution in [1.29, 1.82) is 0 Å². The first-order valence-electron chi connectivity index (χ1n) is 6.51. The van der Waals surface area contributed by atoms with Gasteiger partial charge in [0, 0.05) is 12.6 Å². The number of alkyl halides is 2. The van der Waals surface area contributed by atoms with Crippen LogP contribution in [0.5, 0.6) is 5.75 Å². The Morgan fingerprint density at radius 3 is 2.33 bits per heavy atom. The van der Waals surface area contributed by atoms with Crippen LogP contribution in [0.15, 0.2) is 24.3 Å². The third-order valence-electron chi connectivity index (χ3n) is 2.77. The van der Waals surface area contributed by atoms with Crippen LogP contribution in [-0.4, -0.2) is 34.4 Å². The molecule has 5 nitrogen and oxygen atoms in total. The van der Waals surface area contributed by atoms with Crippen molar-refractivity contribution in [2.24, 2.45) is 0 Å². The molecule has 0 fully saturated rings. The van der Waals surface area contributed by atoms with Crippen molar-refractivity contribution >= 4 is 10.0 Å². The fourth-order valence-electron chi connectivity index (χ4n) is 1.72. The van der Waals surface area contributed by atoms with Crippen LogP contribution in [0.1, 0.15) is 24.9 Å². The molecule has 0 aliphatic rings. The predicted octanol–water partition coefficient (Wildman–Crippen LogP) is 1.88. The summed E-state index contributed by atoms with van der Waals surface area (Å²) in [4.78, 5) is 0. The van der Waals surface area contributed by atoms with Crippen LogP contribution >= 0.6 is 0 Å². The second-order valence-corrected chi connectivity index (χ2v) is 6.48. The maximum atomic E-state index is 12.0. The molecular formula is C13H20F2N2O3S. The van der Waals surface area contributed by atoms with Crippen molar-refractivity contribution in [3.05, 3.63) is 29.8 Å². The number of ether oxygens (including phenoxy) is 1. The molecule has 1 aromatic carbocycles. The van der Waals surface area contributed by atoms with Crippen LogP contribution in [-0.2, 0) is 10.0 Å². The molecule has 0 spiro atoms. The van der Waals surface area contributed by atoms with Gasteiger partial charge in [0.2, 0.25) is 10.0 Å². The van der Waals surface area contributed by atoms with Crippen molar-refractivity contribution in [3.63, 3.8) is 0 Å². The first kappa shape index (κ1) is 17.8. The summed E-state index contributed by atoms with van der Waals surface area (Å²) in [5.41, 5.74) is 0.938. The van der Waals surface area contributed by atoms with Gasteiger partial charge in [-0.05, 0) is 37.6 Å². The molecule has 1 unspecified atom stereocenters. The molecular weight excluding hydrogens is 302 g/mol. The minimum atomic E-state index is -3.14. The zero-order valence-corrected chi connectivity index (χ0v) is 12.8. The molecule has 0 radical (unpaired) electrons. The van der Waals surface area contributed by atoms with Crippen LogP contribution in [0.25, 0.3) is 0 Å². The zero-order valence-electron chi connectivity index (χ0n) is 12.0. The Morgan fingerprint density at radius 1 is 1.19 bits per heavy atom. The van der Waals surface area contributed by atoms with Crippen LogP contribution in [0.3, 0.4) is 0 Å². The number of rotatable bonds is 9. The van der Waals surface area contributed by atoms with Crippen molar-refractivity contribution in [2.75, 3.05) is 19.3 Å². The highest BCUT2D eigenvalue weighted by atomic mass is 32.2. The van der Waals surface area contributed by atoms with E-state index in [0.717, 1.165) is 11.8 Å². The van der Waals surface area contributed by atoms with Gasteiger partial charge in [-0.1, -0.05) is 12.1 Å². The zero-order chi connectivity index (χ0) is 15.9. The lowest BCUT2D eigenvalue weighted by Gasteiger charge is -2.15. The topological polar surface area (TPSA) is 67.4 Å². The molecule has 0 bridgehead atoms. The maximum absolute atomic E-state index is 12.0. The van der Waals surface area contributed by atoms with Crippen molar-refractivity contribution in [3.8, 4) is 5.75 Å². The minimum Gasteiger partial charge on any atom is -0.435 e. The Bertz CT molecular complexity index is 521. The number of halogens is 2. The van der Waals surface area contributed by atoms with Gasteiger partial charge in [-0.3, -0.25) is 0 Å². The molecule has 1 rings (SSSR count). The molecule has 0 heterocycles.